The third-order valence-electron chi connectivity index (χ3n) is 4.43. The first kappa shape index (κ1) is 18.2. The Kier molecular flexibility index (Phi) is 6.08. The summed E-state index contributed by atoms with van der Waals surface area (Å²) in [6, 6.07) is 16.1. The van der Waals surface area contributed by atoms with Gasteiger partial charge in [-0.3, -0.25) is 0 Å². The molecule has 0 aliphatic rings. The van der Waals surface area contributed by atoms with Crippen molar-refractivity contribution in [3.63, 3.8) is 0 Å². The number of aromatic nitrogens is 2. The van der Waals surface area contributed by atoms with Crippen molar-refractivity contribution < 1.29 is 9.84 Å². The summed E-state index contributed by atoms with van der Waals surface area (Å²) < 4.78 is 8.07. The number of fused-ring (bicyclic) bond motifs is 1. The first-order valence-electron chi connectivity index (χ1n) is 9.15. The summed E-state index contributed by atoms with van der Waals surface area (Å²) in [5, 5.41) is 10.0. The largest absolute Gasteiger partial charge is 0.493 e. The molecule has 0 bridgehead atoms. The highest BCUT2D eigenvalue weighted by molar-refractivity contribution is 5.75. The molecule has 1 heterocycles. The number of para-hydroxylation sites is 3. The molecule has 3 rings (SSSR count). The van der Waals surface area contributed by atoms with E-state index >= 15 is 0 Å². The van der Waals surface area contributed by atoms with E-state index in [-0.39, 0.29) is 0 Å². The van der Waals surface area contributed by atoms with Crippen molar-refractivity contribution in [1.82, 2.24) is 9.55 Å². The van der Waals surface area contributed by atoms with Gasteiger partial charge in [-0.25, -0.2) is 4.98 Å². The standard InChI is InChI=1S/C22H26N2O2/c1-3-10-18-11-4-7-14-21(18)26-16-9-8-15-24-20-13-6-5-12-19(20)23-22(24)17(2)25/h3-7,11-14,17,25H,1,8-10,15-16H2,2H3. The molecule has 0 aliphatic carbocycles. The molecule has 1 aromatic heterocycles. The number of allylic oxidation sites excluding steroid dienone is 1. The molecule has 0 fully saturated rings. The second-order valence-electron chi connectivity index (χ2n) is 6.44. The highest BCUT2D eigenvalue weighted by Crippen LogP contribution is 2.22. The Labute approximate surface area is 154 Å². The fourth-order valence-corrected chi connectivity index (χ4v) is 3.17. The van der Waals surface area contributed by atoms with E-state index in [4.69, 9.17) is 4.74 Å². The van der Waals surface area contributed by atoms with Crippen molar-refractivity contribution in [2.75, 3.05) is 6.61 Å². The molecule has 0 saturated carbocycles. The number of nitrogens with zero attached hydrogens (tertiary/aromatic N) is 2. The molecule has 26 heavy (non-hydrogen) atoms. The average Bonchev–Trinajstić information content (AvgIpc) is 3.02. The van der Waals surface area contributed by atoms with Gasteiger partial charge in [0.15, 0.2) is 0 Å². The molecule has 1 atom stereocenters. The fraction of sp³-hybridized carbons (Fsp3) is 0.318. The Morgan fingerprint density at radius 3 is 2.73 bits per heavy atom. The van der Waals surface area contributed by atoms with Crippen molar-refractivity contribution in [3.8, 4) is 5.75 Å². The van der Waals surface area contributed by atoms with Crippen LogP contribution in [0.3, 0.4) is 0 Å². The van der Waals surface area contributed by atoms with E-state index < -0.39 is 6.10 Å². The first-order valence-corrected chi connectivity index (χ1v) is 9.15. The van der Waals surface area contributed by atoms with Crippen molar-refractivity contribution >= 4 is 11.0 Å². The predicted octanol–water partition coefficient (Wildman–Crippen LogP) is 4.68. The monoisotopic (exact) mass is 350 g/mol. The first-order chi connectivity index (χ1) is 12.7. The molecule has 0 saturated heterocycles. The van der Waals surface area contributed by atoms with Gasteiger partial charge in [0.25, 0.3) is 0 Å². The lowest BCUT2D eigenvalue weighted by Crippen LogP contribution is -2.08. The summed E-state index contributed by atoms with van der Waals surface area (Å²) in [6.45, 7) is 7.05. The van der Waals surface area contributed by atoms with Crippen LogP contribution in [-0.2, 0) is 13.0 Å². The summed E-state index contributed by atoms with van der Waals surface area (Å²) in [7, 11) is 0. The molecule has 1 unspecified atom stereocenters. The van der Waals surface area contributed by atoms with Gasteiger partial charge < -0.3 is 14.4 Å². The molecule has 0 radical (unpaired) electrons. The number of aliphatic hydroxyl groups is 1. The average molecular weight is 350 g/mol. The van der Waals surface area contributed by atoms with Gasteiger partial charge in [-0.05, 0) is 49.9 Å². The third kappa shape index (κ3) is 4.14. The number of unbranched alkanes of at least 4 members (excludes halogenated alkanes) is 1. The summed E-state index contributed by atoms with van der Waals surface area (Å²) in [6.07, 6.45) is 4.03. The summed E-state index contributed by atoms with van der Waals surface area (Å²) in [4.78, 5) is 4.56. The van der Waals surface area contributed by atoms with Gasteiger partial charge in [0.05, 0.1) is 17.6 Å². The molecular formula is C22H26N2O2. The van der Waals surface area contributed by atoms with Gasteiger partial charge in [-0.1, -0.05) is 36.4 Å². The number of imidazole rings is 1. The maximum absolute atomic E-state index is 10.0. The van der Waals surface area contributed by atoms with E-state index in [2.05, 4.69) is 28.3 Å². The van der Waals surface area contributed by atoms with Gasteiger partial charge in [0, 0.05) is 6.54 Å². The fourth-order valence-electron chi connectivity index (χ4n) is 3.17. The summed E-state index contributed by atoms with van der Waals surface area (Å²) in [5.74, 6) is 1.66. The van der Waals surface area contributed by atoms with Crippen molar-refractivity contribution in [2.45, 2.75) is 38.8 Å². The zero-order valence-corrected chi connectivity index (χ0v) is 15.3. The quantitative estimate of drug-likeness (QED) is 0.450. The number of hydrogen-bond donors (Lipinski definition) is 1. The number of aryl methyl sites for hydroxylation is 1. The van der Waals surface area contributed by atoms with Crippen LogP contribution in [0, 0.1) is 0 Å². The molecular weight excluding hydrogens is 324 g/mol. The lowest BCUT2D eigenvalue weighted by molar-refractivity contribution is 0.184. The second-order valence-corrected chi connectivity index (χ2v) is 6.44. The third-order valence-corrected chi connectivity index (χ3v) is 4.43. The predicted molar refractivity (Wildman–Crippen MR) is 105 cm³/mol. The van der Waals surface area contributed by atoms with Crippen molar-refractivity contribution in [3.05, 3.63) is 72.6 Å². The Morgan fingerprint density at radius 1 is 1.15 bits per heavy atom. The SMILES string of the molecule is C=CCc1ccccc1OCCCCn1c(C(C)O)nc2ccccc21. The van der Waals surface area contributed by atoms with Crippen LogP contribution in [0.15, 0.2) is 61.2 Å². The highest BCUT2D eigenvalue weighted by Gasteiger charge is 2.14. The summed E-state index contributed by atoms with van der Waals surface area (Å²) in [5.41, 5.74) is 3.16. The zero-order chi connectivity index (χ0) is 18.4. The molecule has 4 nitrogen and oxygen atoms in total. The molecule has 136 valence electrons. The van der Waals surface area contributed by atoms with Crippen LogP contribution in [0.4, 0.5) is 0 Å². The Balaban J connectivity index is 1.58. The van der Waals surface area contributed by atoms with E-state index in [0.717, 1.165) is 48.4 Å². The van der Waals surface area contributed by atoms with Crippen LogP contribution in [0.1, 0.15) is 37.3 Å². The van der Waals surface area contributed by atoms with Crippen molar-refractivity contribution in [2.24, 2.45) is 0 Å². The van der Waals surface area contributed by atoms with Gasteiger partial charge in [0.2, 0.25) is 0 Å². The topological polar surface area (TPSA) is 47.3 Å². The number of hydrogen-bond acceptors (Lipinski definition) is 3. The minimum Gasteiger partial charge on any atom is -0.493 e. The molecule has 4 heteroatoms. The Hall–Kier alpha value is -2.59. The highest BCUT2D eigenvalue weighted by atomic mass is 16.5. The molecule has 0 amide bonds. The van der Waals surface area contributed by atoms with E-state index in [1.54, 1.807) is 6.92 Å². The molecule has 1 N–H and O–H groups in total. The second kappa shape index (κ2) is 8.68. The maximum atomic E-state index is 10.0. The van der Waals surface area contributed by atoms with E-state index in [1.807, 2.05) is 42.5 Å². The lowest BCUT2D eigenvalue weighted by atomic mass is 10.1. The Bertz CT molecular complexity index is 867. The van der Waals surface area contributed by atoms with Crippen molar-refractivity contribution in [1.29, 1.82) is 0 Å². The van der Waals surface area contributed by atoms with Gasteiger partial charge in [0.1, 0.15) is 17.7 Å². The van der Waals surface area contributed by atoms with Gasteiger partial charge in [-0.15, -0.1) is 6.58 Å². The Morgan fingerprint density at radius 2 is 1.92 bits per heavy atom. The lowest BCUT2D eigenvalue weighted by Gasteiger charge is -2.12. The van der Waals surface area contributed by atoms with Crippen LogP contribution in [-0.4, -0.2) is 21.3 Å². The van der Waals surface area contributed by atoms with E-state index in [9.17, 15) is 5.11 Å². The minimum atomic E-state index is -0.579. The van der Waals surface area contributed by atoms with E-state index in [1.165, 1.54) is 5.56 Å². The van der Waals surface area contributed by atoms with Gasteiger partial charge >= 0.3 is 0 Å². The van der Waals surface area contributed by atoms with Crippen LogP contribution in [0.2, 0.25) is 0 Å². The van der Waals surface area contributed by atoms with Crippen LogP contribution < -0.4 is 4.74 Å². The summed E-state index contributed by atoms with van der Waals surface area (Å²) >= 11 is 0. The zero-order valence-electron chi connectivity index (χ0n) is 15.3. The molecule has 3 aromatic rings. The van der Waals surface area contributed by atoms with Crippen LogP contribution in [0.25, 0.3) is 11.0 Å². The maximum Gasteiger partial charge on any atom is 0.138 e. The normalized spacial score (nSPS) is 12.2. The van der Waals surface area contributed by atoms with Crippen LogP contribution >= 0.6 is 0 Å². The number of ether oxygens (including phenoxy) is 1. The minimum absolute atomic E-state index is 0.579. The van der Waals surface area contributed by atoms with Gasteiger partial charge in [-0.2, -0.15) is 0 Å². The van der Waals surface area contributed by atoms with Crippen LogP contribution in [0.5, 0.6) is 5.75 Å². The van der Waals surface area contributed by atoms with E-state index in [0.29, 0.717) is 6.61 Å². The smallest absolute Gasteiger partial charge is 0.138 e. The number of aliphatic hydroxyl groups excluding tert-OH is 1. The number of rotatable bonds is 9. The molecule has 0 aliphatic heterocycles. The molecule has 2 aromatic carbocycles. The number of benzene rings is 2. The molecule has 0 spiro atoms.